The molecular formula is C16H19BrN2O. The number of nitrogens with zero attached hydrogens (tertiary/aromatic N) is 1. The highest BCUT2D eigenvalue weighted by Gasteiger charge is 2.16. The number of nitrogens with one attached hydrogen (secondary N) is 1. The van der Waals surface area contributed by atoms with Crippen molar-refractivity contribution in [2.24, 2.45) is 0 Å². The van der Waals surface area contributed by atoms with Gasteiger partial charge in [0.25, 0.3) is 0 Å². The van der Waals surface area contributed by atoms with Crippen LogP contribution in [-0.2, 0) is 0 Å². The van der Waals surface area contributed by atoms with Crippen molar-refractivity contribution in [2.75, 3.05) is 13.7 Å². The van der Waals surface area contributed by atoms with Gasteiger partial charge in [-0.25, -0.2) is 0 Å². The smallest absolute Gasteiger partial charge is 0.119 e. The first-order valence-corrected chi connectivity index (χ1v) is 7.56. The van der Waals surface area contributed by atoms with Gasteiger partial charge in [-0.05, 0) is 59.2 Å². The fraction of sp³-hybridized carbons (Fsp3) is 0.312. The molecule has 0 saturated heterocycles. The largest absolute Gasteiger partial charge is 0.494 e. The second-order valence-electron chi connectivity index (χ2n) is 4.51. The second kappa shape index (κ2) is 7.41. The lowest BCUT2D eigenvalue weighted by molar-refractivity contribution is 0.317. The predicted molar refractivity (Wildman–Crippen MR) is 85.1 cm³/mol. The van der Waals surface area contributed by atoms with Crippen LogP contribution in [0.3, 0.4) is 0 Å². The zero-order valence-electron chi connectivity index (χ0n) is 11.8. The third-order valence-corrected chi connectivity index (χ3v) is 3.71. The molecule has 1 N–H and O–H groups in total. The van der Waals surface area contributed by atoms with E-state index in [0.717, 1.165) is 34.5 Å². The van der Waals surface area contributed by atoms with Crippen LogP contribution in [0.25, 0.3) is 0 Å². The van der Waals surface area contributed by atoms with Crippen molar-refractivity contribution in [3.8, 4) is 5.75 Å². The maximum Gasteiger partial charge on any atom is 0.119 e. The summed E-state index contributed by atoms with van der Waals surface area (Å²) in [5, 5.41) is 3.30. The fourth-order valence-electron chi connectivity index (χ4n) is 2.05. The molecule has 0 aliphatic heterocycles. The van der Waals surface area contributed by atoms with Crippen LogP contribution in [0.5, 0.6) is 5.75 Å². The van der Waals surface area contributed by atoms with Crippen LogP contribution in [0.1, 0.15) is 30.6 Å². The van der Waals surface area contributed by atoms with Crippen molar-refractivity contribution in [1.29, 1.82) is 0 Å². The van der Waals surface area contributed by atoms with Crippen LogP contribution in [0.15, 0.2) is 47.1 Å². The van der Waals surface area contributed by atoms with Crippen LogP contribution in [-0.4, -0.2) is 18.6 Å². The minimum atomic E-state index is 0.0609. The first kappa shape index (κ1) is 15.0. The molecule has 3 nitrogen and oxygen atoms in total. The molecule has 0 saturated carbocycles. The van der Waals surface area contributed by atoms with E-state index in [1.165, 1.54) is 0 Å². The molecule has 1 atom stereocenters. The number of rotatable bonds is 6. The zero-order valence-corrected chi connectivity index (χ0v) is 13.4. The van der Waals surface area contributed by atoms with E-state index in [-0.39, 0.29) is 6.04 Å². The van der Waals surface area contributed by atoms with E-state index in [0.29, 0.717) is 0 Å². The molecule has 20 heavy (non-hydrogen) atoms. The second-order valence-corrected chi connectivity index (χ2v) is 5.36. The average Bonchev–Trinajstić information content (AvgIpc) is 2.49. The Bertz CT molecular complexity index is 542. The van der Waals surface area contributed by atoms with Gasteiger partial charge in [-0.3, -0.25) is 4.98 Å². The van der Waals surface area contributed by atoms with Gasteiger partial charge in [0.15, 0.2) is 0 Å². The molecule has 0 spiro atoms. The molecular weight excluding hydrogens is 316 g/mol. The van der Waals surface area contributed by atoms with Gasteiger partial charge in [0, 0.05) is 10.7 Å². The Balaban J connectivity index is 2.22. The minimum absolute atomic E-state index is 0.0609. The molecule has 0 radical (unpaired) electrons. The summed E-state index contributed by atoms with van der Waals surface area (Å²) in [5.41, 5.74) is 2.15. The van der Waals surface area contributed by atoms with E-state index in [1.807, 2.05) is 37.5 Å². The van der Waals surface area contributed by atoms with Gasteiger partial charge < -0.3 is 10.1 Å². The van der Waals surface area contributed by atoms with E-state index in [2.05, 4.69) is 45.3 Å². The van der Waals surface area contributed by atoms with E-state index >= 15 is 0 Å². The number of aromatic nitrogens is 1. The van der Waals surface area contributed by atoms with Crippen molar-refractivity contribution in [1.82, 2.24) is 10.3 Å². The van der Waals surface area contributed by atoms with E-state index in [9.17, 15) is 0 Å². The zero-order chi connectivity index (χ0) is 14.4. The average molecular weight is 335 g/mol. The molecule has 4 heteroatoms. The number of benzene rings is 1. The minimum Gasteiger partial charge on any atom is -0.494 e. The molecule has 1 heterocycles. The normalized spacial score (nSPS) is 12.2. The Kier molecular flexibility index (Phi) is 5.56. The number of hydrogen-bond acceptors (Lipinski definition) is 3. The summed E-state index contributed by atoms with van der Waals surface area (Å²) < 4.78 is 6.61. The molecule has 0 amide bonds. The first-order valence-electron chi connectivity index (χ1n) is 6.76. The summed E-state index contributed by atoms with van der Waals surface area (Å²) in [7, 11) is 1.94. The van der Waals surface area contributed by atoms with Gasteiger partial charge in [-0.2, -0.15) is 0 Å². The van der Waals surface area contributed by atoms with Crippen LogP contribution in [0.4, 0.5) is 0 Å². The third-order valence-electron chi connectivity index (χ3n) is 3.04. The van der Waals surface area contributed by atoms with Crippen LogP contribution in [0.2, 0.25) is 0 Å². The SMILES string of the molecule is CCCOc1ccc(C(NC)c2ncccc2Br)cc1. The summed E-state index contributed by atoms with van der Waals surface area (Å²) in [4.78, 5) is 4.46. The Morgan fingerprint density at radius 3 is 2.60 bits per heavy atom. The fourth-order valence-corrected chi connectivity index (χ4v) is 2.53. The number of pyridine rings is 1. The highest BCUT2D eigenvalue weighted by molar-refractivity contribution is 9.10. The highest BCUT2D eigenvalue weighted by Crippen LogP contribution is 2.27. The molecule has 106 valence electrons. The van der Waals surface area contributed by atoms with Crippen LogP contribution < -0.4 is 10.1 Å². The lowest BCUT2D eigenvalue weighted by atomic mass is 10.0. The molecule has 2 rings (SSSR count). The van der Waals surface area contributed by atoms with Gasteiger partial charge in [-0.15, -0.1) is 0 Å². The number of halogens is 1. The van der Waals surface area contributed by atoms with Gasteiger partial charge >= 0.3 is 0 Å². The summed E-state index contributed by atoms with van der Waals surface area (Å²) in [5.74, 6) is 0.908. The molecule has 1 aromatic heterocycles. The Morgan fingerprint density at radius 2 is 2.00 bits per heavy atom. The van der Waals surface area contributed by atoms with Crippen molar-refractivity contribution < 1.29 is 4.74 Å². The molecule has 0 bridgehead atoms. The standard InChI is InChI=1S/C16H19BrN2O/c1-3-11-20-13-8-6-12(7-9-13)15(18-2)16-14(17)5-4-10-19-16/h4-10,15,18H,3,11H2,1-2H3. The van der Waals surface area contributed by atoms with Gasteiger partial charge in [-0.1, -0.05) is 19.1 Å². The van der Waals surface area contributed by atoms with Crippen molar-refractivity contribution >= 4 is 15.9 Å². The number of hydrogen-bond donors (Lipinski definition) is 1. The van der Waals surface area contributed by atoms with E-state index in [1.54, 1.807) is 0 Å². The van der Waals surface area contributed by atoms with Crippen molar-refractivity contribution in [3.63, 3.8) is 0 Å². The van der Waals surface area contributed by atoms with Gasteiger partial charge in [0.05, 0.1) is 18.3 Å². The Hall–Kier alpha value is -1.39. The lowest BCUT2D eigenvalue weighted by Crippen LogP contribution is -2.19. The lowest BCUT2D eigenvalue weighted by Gasteiger charge is -2.18. The topological polar surface area (TPSA) is 34.1 Å². The summed E-state index contributed by atoms with van der Waals surface area (Å²) >= 11 is 3.56. The Labute approximate surface area is 128 Å². The maximum atomic E-state index is 5.61. The highest BCUT2D eigenvalue weighted by atomic mass is 79.9. The molecule has 2 aromatic rings. The first-order chi connectivity index (χ1) is 9.76. The van der Waals surface area contributed by atoms with Crippen molar-refractivity contribution in [3.05, 3.63) is 58.3 Å². The quantitative estimate of drug-likeness (QED) is 0.868. The predicted octanol–water partition coefficient (Wildman–Crippen LogP) is 3.94. The van der Waals surface area contributed by atoms with Gasteiger partial charge in [0.1, 0.15) is 5.75 Å². The molecule has 0 aliphatic carbocycles. The maximum absolute atomic E-state index is 5.61. The van der Waals surface area contributed by atoms with Crippen LogP contribution in [0, 0.1) is 0 Å². The molecule has 1 aromatic carbocycles. The van der Waals surface area contributed by atoms with Crippen LogP contribution >= 0.6 is 15.9 Å². The molecule has 1 unspecified atom stereocenters. The summed E-state index contributed by atoms with van der Waals surface area (Å²) in [6.07, 6.45) is 2.82. The van der Waals surface area contributed by atoms with E-state index in [4.69, 9.17) is 4.74 Å². The summed E-state index contributed by atoms with van der Waals surface area (Å²) in [6.45, 7) is 2.85. The third kappa shape index (κ3) is 3.58. The molecule has 0 fully saturated rings. The number of ether oxygens (including phenoxy) is 1. The Morgan fingerprint density at radius 1 is 1.25 bits per heavy atom. The molecule has 0 aliphatic rings. The van der Waals surface area contributed by atoms with Crippen molar-refractivity contribution in [2.45, 2.75) is 19.4 Å². The van der Waals surface area contributed by atoms with E-state index < -0.39 is 0 Å². The monoisotopic (exact) mass is 334 g/mol. The van der Waals surface area contributed by atoms with Gasteiger partial charge in [0.2, 0.25) is 0 Å². The summed E-state index contributed by atoms with van der Waals surface area (Å²) in [6, 6.07) is 12.2.